The fourth-order valence-electron chi connectivity index (χ4n) is 3.19. The molecule has 0 saturated carbocycles. The third kappa shape index (κ3) is 4.35. The molecule has 0 radical (unpaired) electrons. The molecule has 30 heavy (non-hydrogen) atoms. The van der Waals surface area contributed by atoms with Crippen molar-refractivity contribution in [3.05, 3.63) is 52.9 Å². The average molecular weight is 413 g/mol. The van der Waals surface area contributed by atoms with E-state index in [-0.39, 0.29) is 30.0 Å². The SMILES string of the molecule is CCOC(=O)C1=C(COC(=O)c2c(-c3ccccc3)noc2C)NC(=O)N[C@H]1CC. The number of carbonyl (C=O) groups is 3. The van der Waals surface area contributed by atoms with Crippen molar-refractivity contribution in [2.75, 3.05) is 13.2 Å². The zero-order valence-electron chi connectivity index (χ0n) is 17.0. The smallest absolute Gasteiger partial charge is 0.344 e. The van der Waals surface area contributed by atoms with Crippen molar-refractivity contribution in [1.82, 2.24) is 15.8 Å². The summed E-state index contributed by atoms with van der Waals surface area (Å²) in [5.74, 6) is -0.947. The van der Waals surface area contributed by atoms with E-state index < -0.39 is 24.0 Å². The molecule has 1 aromatic carbocycles. The third-order valence-electron chi connectivity index (χ3n) is 4.61. The van der Waals surface area contributed by atoms with E-state index in [1.165, 1.54) is 0 Å². The molecule has 0 saturated heterocycles. The maximum absolute atomic E-state index is 12.8. The van der Waals surface area contributed by atoms with Crippen molar-refractivity contribution in [3.8, 4) is 11.3 Å². The molecule has 0 unspecified atom stereocenters. The zero-order chi connectivity index (χ0) is 21.7. The Kier molecular flexibility index (Phi) is 6.51. The summed E-state index contributed by atoms with van der Waals surface area (Å²) in [5, 5.41) is 9.18. The molecule has 2 amide bonds. The first-order valence-corrected chi connectivity index (χ1v) is 9.62. The van der Waals surface area contributed by atoms with Gasteiger partial charge in [-0.1, -0.05) is 42.4 Å². The molecule has 3 rings (SSSR count). The number of aryl methyl sites for hydroxylation is 1. The molecule has 1 aromatic heterocycles. The number of nitrogens with zero attached hydrogens (tertiary/aromatic N) is 1. The summed E-state index contributed by atoms with van der Waals surface area (Å²) in [5.41, 5.74) is 1.67. The number of amides is 2. The van der Waals surface area contributed by atoms with Crippen LogP contribution in [0.2, 0.25) is 0 Å². The fraction of sp³-hybridized carbons (Fsp3) is 0.333. The summed E-state index contributed by atoms with van der Waals surface area (Å²) in [4.78, 5) is 37.2. The molecule has 2 heterocycles. The van der Waals surface area contributed by atoms with Crippen LogP contribution in [0.25, 0.3) is 11.3 Å². The van der Waals surface area contributed by atoms with Gasteiger partial charge in [0.2, 0.25) is 0 Å². The van der Waals surface area contributed by atoms with Crippen molar-refractivity contribution in [1.29, 1.82) is 0 Å². The van der Waals surface area contributed by atoms with Gasteiger partial charge in [-0.2, -0.15) is 0 Å². The van der Waals surface area contributed by atoms with E-state index in [0.717, 1.165) is 0 Å². The van der Waals surface area contributed by atoms with Crippen LogP contribution in [0.5, 0.6) is 0 Å². The zero-order valence-corrected chi connectivity index (χ0v) is 17.0. The second-order valence-corrected chi connectivity index (χ2v) is 6.58. The number of rotatable bonds is 7. The number of hydrogen-bond donors (Lipinski definition) is 2. The lowest BCUT2D eigenvalue weighted by atomic mass is 10.0. The number of carbonyl (C=O) groups excluding carboxylic acids is 3. The Hall–Kier alpha value is -3.62. The maximum Gasteiger partial charge on any atom is 0.344 e. The van der Waals surface area contributed by atoms with Gasteiger partial charge in [0.15, 0.2) is 0 Å². The van der Waals surface area contributed by atoms with Crippen molar-refractivity contribution in [2.24, 2.45) is 0 Å². The minimum Gasteiger partial charge on any atom is -0.463 e. The van der Waals surface area contributed by atoms with Crippen LogP contribution in [0.3, 0.4) is 0 Å². The summed E-state index contributed by atoms with van der Waals surface area (Å²) >= 11 is 0. The molecule has 0 bridgehead atoms. The summed E-state index contributed by atoms with van der Waals surface area (Å²) in [6, 6.07) is 8.07. The highest BCUT2D eigenvalue weighted by molar-refractivity contribution is 5.98. The van der Waals surface area contributed by atoms with Gasteiger partial charge in [-0.05, 0) is 20.3 Å². The number of hydrogen-bond acceptors (Lipinski definition) is 7. The maximum atomic E-state index is 12.8. The van der Waals surface area contributed by atoms with Crippen LogP contribution < -0.4 is 10.6 Å². The van der Waals surface area contributed by atoms with Crippen molar-refractivity contribution < 1.29 is 28.4 Å². The lowest BCUT2D eigenvalue weighted by Gasteiger charge is -2.28. The predicted octanol–water partition coefficient (Wildman–Crippen LogP) is 2.72. The average Bonchev–Trinajstić information content (AvgIpc) is 3.13. The predicted molar refractivity (Wildman–Crippen MR) is 106 cm³/mol. The number of aromatic nitrogens is 1. The Labute approximate surface area is 173 Å². The Morgan fingerprint density at radius 3 is 2.53 bits per heavy atom. The summed E-state index contributed by atoms with van der Waals surface area (Å²) in [6.45, 7) is 4.99. The number of nitrogens with one attached hydrogen (secondary N) is 2. The second-order valence-electron chi connectivity index (χ2n) is 6.58. The largest absolute Gasteiger partial charge is 0.463 e. The lowest BCUT2D eigenvalue weighted by Crippen LogP contribution is -2.51. The molecule has 2 N–H and O–H groups in total. The van der Waals surface area contributed by atoms with Gasteiger partial charge in [0, 0.05) is 5.56 Å². The normalized spacial score (nSPS) is 16.0. The van der Waals surface area contributed by atoms with Gasteiger partial charge >= 0.3 is 18.0 Å². The van der Waals surface area contributed by atoms with Crippen molar-refractivity contribution in [2.45, 2.75) is 33.2 Å². The molecule has 158 valence electrons. The van der Waals surface area contributed by atoms with Crippen molar-refractivity contribution >= 4 is 18.0 Å². The molecule has 0 fully saturated rings. The molecule has 9 heteroatoms. The van der Waals surface area contributed by atoms with Gasteiger partial charge in [0.1, 0.15) is 23.6 Å². The first kappa shape index (κ1) is 21.1. The van der Waals surface area contributed by atoms with Crippen LogP contribution in [0.15, 0.2) is 46.1 Å². The second kappa shape index (κ2) is 9.25. The van der Waals surface area contributed by atoms with Gasteiger partial charge < -0.3 is 24.6 Å². The number of ether oxygens (including phenoxy) is 2. The fourth-order valence-corrected chi connectivity index (χ4v) is 3.19. The van der Waals surface area contributed by atoms with Gasteiger partial charge in [-0.25, -0.2) is 14.4 Å². The van der Waals surface area contributed by atoms with Crippen LogP contribution >= 0.6 is 0 Å². The van der Waals surface area contributed by atoms with Crippen LogP contribution in [-0.2, 0) is 14.3 Å². The first-order valence-electron chi connectivity index (χ1n) is 9.62. The van der Waals surface area contributed by atoms with Gasteiger partial charge in [-0.3, -0.25) is 0 Å². The van der Waals surface area contributed by atoms with Gasteiger partial charge in [-0.15, -0.1) is 0 Å². The molecule has 2 aromatic rings. The molecular weight excluding hydrogens is 390 g/mol. The minimum absolute atomic E-state index is 0.181. The minimum atomic E-state index is -0.677. The number of urea groups is 1. The summed E-state index contributed by atoms with van der Waals surface area (Å²) in [6.07, 6.45) is 0.474. The highest BCUT2D eigenvalue weighted by atomic mass is 16.5. The molecule has 0 aliphatic carbocycles. The first-order chi connectivity index (χ1) is 14.5. The van der Waals surface area contributed by atoms with Crippen LogP contribution in [0.1, 0.15) is 36.4 Å². The number of esters is 2. The van der Waals surface area contributed by atoms with Crippen LogP contribution in [0.4, 0.5) is 4.79 Å². The molecular formula is C21H23N3O6. The Morgan fingerprint density at radius 1 is 1.13 bits per heavy atom. The van der Waals surface area contributed by atoms with Crippen LogP contribution in [-0.4, -0.2) is 42.4 Å². The topological polar surface area (TPSA) is 120 Å². The van der Waals surface area contributed by atoms with Crippen LogP contribution in [0, 0.1) is 6.92 Å². The number of benzene rings is 1. The Balaban J connectivity index is 1.86. The Morgan fingerprint density at radius 2 is 1.87 bits per heavy atom. The monoisotopic (exact) mass is 413 g/mol. The van der Waals surface area contributed by atoms with E-state index in [2.05, 4.69) is 15.8 Å². The van der Waals surface area contributed by atoms with Gasteiger partial charge in [0.05, 0.1) is 23.9 Å². The summed E-state index contributed by atoms with van der Waals surface area (Å²) in [7, 11) is 0. The third-order valence-corrected chi connectivity index (χ3v) is 4.61. The highest BCUT2D eigenvalue weighted by Crippen LogP contribution is 2.26. The lowest BCUT2D eigenvalue weighted by molar-refractivity contribution is -0.139. The van der Waals surface area contributed by atoms with E-state index in [1.54, 1.807) is 26.0 Å². The van der Waals surface area contributed by atoms with Gasteiger partial charge in [0.25, 0.3) is 0 Å². The molecule has 1 aliphatic rings. The standard InChI is InChI=1S/C21H23N3O6/c1-4-14-17(20(26)28-5-2)15(23-21(27)22-14)11-29-19(25)16-12(3)30-24-18(16)13-9-7-6-8-10-13/h6-10,14H,4-5,11H2,1-3H3,(H2,22,23,27)/t14-/m0/s1. The molecule has 9 nitrogen and oxygen atoms in total. The van der Waals surface area contributed by atoms with E-state index in [1.807, 2.05) is 25.1 Å². The van der Waals surface area contributed by atoms with E-state index in [4.69, 9.17) is 14.0 Å². The quantitative estimate of drug-likeness (QED) is 0.670. The van der Waals surface area contributed by atoms with E-state index in [9.17, 15) is 14.4 Å². The molecule has 0 spiro atoms. The Bertz CT molecular complexity index is 980. The van der Waals surface area contributed by atoms with E-state index >= 15 is 0 Å². The highest BCUT2D eigenvalue weighted by Gasteiger charge is 2.32. The van der Waals surface area contributed by atoms with E-state index in [0.29, 0.717) is 23.4 Å². The van der Waals surface area contributed by atoms with Crippen molar-refractivity contribution in [3.63, 3.8) is 0 Å². The molecule has 1 atom stereocenters. The molecule has 1 aliphatic heterocycles. The summed E-state index contributed by atoms with van der Waals surface area (Å²) < 4.78 is 15.7.